The third-order valence-electron chi connectivity index (χ3n) is 4.52. The Kier molecular flexibility index (Phi) is 6.03. The minimum atomic E-state index is -4.45. The second-order valence-corrected chi connectivity index (χ2v) is 6.49. The Balaban J connectivity index is 1.54. The molecule has 1 aliphatic rings. The molecule has 0 saturated carbocycles. The fourth-order valence-corrected chi connectivity index (χ4v) is 2.82. The highest BCUT2D eigenvalue weighted by Crippen LogP contribution is 2.30. The first-order valence-electron chi connectivity index (χ1n) is 8.83. The van der Waals surface area contributed by atoms with E-state index < -0.39 is 17.8 Å². The number of carbonyl (C=O) groups is 1. The van der Waals surface area contributed by atoms with E-state index in [1.807, 2.05) is 0 Å². The maximum atomic E-state index is 12.5. The topological polar surface area (TPSA) is 77.7 Å². The first-order valence-corrected chi connectivity index (χ1v) is 8.83. The largest absolute Gasteiger partial charge is 0.439 e. The van der Waals surface area contributed by atoms with E-state index in [1.165, 1.54) is 0 Å². The number of aromatic nitrogens is 1. The Morgan fingerprint density at radius 3 is 2.29 bits per heavy atom. The lowest BCUT2D eigenvalue weighted by Gasteiger charge is -2.30. The minimum absolute atomic E-state index is 0.0283. The monoisotopic (exact) mass is 395 g/mol. The number of halogens is 3. The van der Waals surface area contributed by atoms with Gasteiger partial charge in [0.05, 0.1) is 5.56 Å². The van der Waals surface area contributed by atoms with E-state index in [0.717, 1.165) is 25.0 Å². The van der Waals surface area contributed by atoms with Crippen molar-refractivity contribution in [2.75, 3.05) is 19.6 Å². The van der Waals surface area contributed by atoms with Gasteiger partial charge in [0.2, 0.25) is 5.88 Å². The number of likely N-dealkylation sites (tertiary alicyclic amines) is 1. The Hall–Kier alpha value is -2.81. The summed E-state index contributed by atoms with van der Waals surface area (Å²) in [6, 6.07) is 8.22. The zero-order valence-electron chi connectivity index (χ0n) is 15.0. The highest BCUT2D eigenvalue weighted by Gasteiger charge is 2.30. The number of rotatable bonds is 4. The molecule has 28 heavy (non-hydrogen) atoms. The van der Waals surface area contributed by atoms with Gasteiger partial charge in [0.1, 0.15) is 11.5 Å². The van der Waals surface area contributed by atoms with Crippen molar-refractivity contribution in [3.63, 3.8) is 0 Å². The Bertz CT molecular complexity index is 787. The first-order chi connectivity index (χ1) is 13.3. The van der Waals surface area contributed by atoms with Crippen molar-refractivity contribution in [3.8, 4) is 17.4 Å². The van der Waals surface area contributed by atoms with Gasteiger partial charge in [0.25, 0.3) is 0 Å². The Morgan fingerprint density at radius 2 is 1.75 bits per heavy atom. The lowest BCUT2D eigenvalue weighted by Crippen LogP contribution is -2.41. The van der Waals surface area contributed by atoms with Crippen molar-refractivity contribution < 1.29 is 27.4 Å². The summed E-state index contributed by atoms with van der Waals surface area (Å²) in [5, 5.41) is 0. The molecule has 3 rings (SSSR count). The molecule has 1 aromatic carbocycles. The second kappa shape index (κ2) is 8.47. The van der Waals surface area contributed by atoms with Crippen LogP contribution in [0.4, 0.5) is 18.0 Å². The van der Waals surface area contributed by atoms with Crippen molar-refractivity contribution >= 4 is 6.09 Å². The number of hydrogen-bond acceptors (Lipinski definition) is 5. The summed E-state index contributed by atoms with van der Waals surface area (Å²) in [6.07, 6.45) is -2.44. The van der Waals surface area contributed by atoms with Gasteiger partial charge in [-0.25, -0.2) is 9.78 Å². The van der Waals surface area contributed by atoms with Crippen LogP contribution in [0.2, 0.25) is 0 Å². The fraction of sp³-hybridized carbons (Fsp3) is 0.368. The van der Waals surface area contributed by atoms with Crippen LogP contribution in [0.5, 0.6) is 17.4 Å². The third kappa shape index (κ3) is 5.13. The van der Waals surface area contributed by atoms with E-state index in [1.54, 1.807) is 29.2 Å². The predicted molar refractivity (Wildman–Crippen MR) is 95.1 cm³/mol. The molecular weight excluding hydrogens is 375 g/mol. The van der Waals surface area contributed by atoms with Crippen LogP contribution in [-0.4, -0.2) is 35.6 Å². The summed E-state index contributed by atoms with van der Waals surface area (Å²) >= 11 is 0. The van der Waals surface area contributed by atoms with Gasteiger partial charge in [-0.2, -0.15) is 13.2 Å². The summed E-state index contributed by atoms with van der Waals surface area (Å²) < 4.78 is 48.4. The number of benzene rings is 1. The second-order valence-electron chi connectivity index (χ2n) is 6.49. The summed E-state index contributed by atoms with van der Waals surface area (Å²) in [5.41, 5.74) is 4.79. The van der Waals surface area contributed by atoms with Gasteiger partial charge < -0.3 is 20.1 Å². The van der Waals surface area contributed by atoms with Crippen LogP contribution >= 0.6 is 0 Å². The van der Waals surface area contributed by atoms with E-state index in [9.17, 15) is 18.0 Å². The molecule has 2 heterocycles. The SMILES string of the molecule is NCC1CCN(C(=O)Oc2ccc(Oc3ccc(C(F)(F)F)cn3)cc2)CC1. The number of nitrogens with two attached hydrogens (primary N) is 1. The molecule has 1 saturated heterocycles. The first kappa shape index (κ1) is 19.9. The Morgan fingerprint density at radius 1 is 1.11 bits per heavy atom. The molecule has 0 unspecified atom stereocenters. The van der Waals surface area contributed by atoms with Gasteiger partial charge in [-0.05, 0) is 55.6 Å². The van der Waals surface area contributed by atoms with Crippen molar-refractivity contribution in [2.45, 2.75) is 19.0 Å². The number of pyridine rings is 1. The molecule has 150 valence electrons. The van der Waals surface area contributed by atoms with Gasteiger partial charge in [-0.15, -0.1) is 0 Å². The van der Waals surface area contributed by atoms with Gasteiger partial charge in [-0.3, -0.25) is 0 Å². The molecule has 1 aromatic heterocycles. The zero-order chi connectivity index (χ0) is 20.1. The standard InChI is InChI=1S/C19H20F3N3O3/c20-19(21,22)14-1-6-17(24-12-14)27-15-2-4-16(5-3-15)28-18(26)25-9-7-13(11-23)8-10-25/h1-6,12-13H,7-11,23H2. The molecular formula is C19H20F3N3O3. The van der Waals surface area contributed by atoms with Crippen molar-refractivity contribution in [1.29, 1.82) is 0 Å². The van der Waals surface area contributed by atoms with Crippen LogP contribution in [0.1, 0.15) is 18.4 Å². The molecule has 9 heteroatoms. The smallest absolute Gasteiger partial charge is 0.417 e. The van der Waals surface area contributed by atoms with Crippen LogP contribution < -0.4 is 15.2 Å². The lowest BCUT2D eigenvalue weighted by atomic mass is 9.97. The van der Waals surface area contributed by atoms with Crippen molar-refractivity contribution in [3.05, 3.63) is 48.2 Å². The zero-order valence-corrected chi connectivity index (χ0v) is 15.0. The van der Waals surface area contributed by atoms with Gasteiger partial charge in [0, 0.05) is 25.4 Å². The number of amides is 1. The van der Waals surface area contributed by atoms with E-state index in [-0.39, 0.29) is 5.88 Å². The van der Waals surface area contributed by atoms with Crippen molar-refractivity contribution in [1.82, 2.24) is 9.88 Å². The molecule has 0 radical (unpaired) electrons. The number of carbonyl (C=O) groups excluding carboxylic acids is 1. The van der Waals surface area contributed by atoms with Gasteiger partial charge in [-0.1, -0.05) is 0 Å². The van der Waals surface area contributed by atoms with E-state index >= 15 is 0 Å². The summed E-state index contributed by atoms with van der Waals surface area (Å²) in [6.45, 7) is 1.85. The van der Waals surface area contributed by atoms with Crippen LogP contribution in [0.3, 0.4) is 0 Å². The molecule has 1 aliphatic heterocycles. The quantitative estimate of drug-likeness (QED) is 0.845. The number of ether oxygens (including phenoxy) is 2. The van der Waals surface area contributed by atoms with E-state index in [2.05, 4.69) is 4.98 Å². The number of alkyl halides is 3. The van der Waals surface area contributed by atoms with Crippen LogP contribution in [0, 0.1) is 5.92 Å². The molecule has 0 aliphatic carbocycles. The molecule has 2 aromatic rings. The third-order valence-corrected chi connectivity index (χ3v) is 4.52. The summed E-state index contributed by atoms with van der Waals surface area (Å²) in [4.78, 5) is 17.5. The van der Waals surface area contributed by atoms with Gasteiger partial charge >= 0.3 is 12.3 Å². The summed E-state index contributed by atoms with van der Waals surface area (Å²) in [7, 11) is 0. The highest BCUT2D eigenvalue weighted by atomic mass is 19.4. The summed E-state index contributed by atoms with van der Waals surface area (Å²) in [5.74, 6) is 1.18. The van der Waals surface area contributed by atoms with Crippen molar-refractivity contribution in [2.24, 2.45) is 11.7 Å². The molecule has 0 spiro atoms. The normalized spacial score (nSPS) is 15.4. The van der Waals surface area contributed by atoms with Crippen LogP contribution in [-0.2, 0) is 6.18 Å². The minimum Gasteiger partial charge on any atom is -0.439 e. The van der Waals surface area contributed by atoms with Gasteiger partial charge in [0.15, 0.2) is 0 Å². The Labute approximate surface area is 160 Å². The maximum absolute atomic E-state index is 12.5. The fourth-order valence-electron chi connectivity index (χ4n) is 2.82. The van der Waals surface area contributed by atoms with Crippen LogP contribution in [0.15, 0.2) is 42.6 Å². The molecule has 6 nitrogen and oxygen atoms in total. The number of hydrogen-bond donors (Lipinski definition) is 1. The average Bonchev–Trinajstić information content (AvgIpc) is 2.69. The molecule has 1 fully saturated rings. The average molecular weight is 395 g/mol. The molecule has 1 amide bonds. The number of piperidine rings is 1. The molecule has 0 bridgehead atoms. The molecule has 0 atom stereocenters. The van der Waals surface area contributed by atoms with E-state index in [4.69, 9.17) is 15.2 Å². The number of nitrogens with zero attached hydrogens (tertiary/aromatic N) is 2. The maximum Gasteiger partial charge on any atom is 0.417 e. The molecule has 2 N–H and O–H groups in total. The van der Waals surface area contributed by atoms with E-state index in [0.29, 0.717) is 43.2 Å². The van der Waals surface area contributed by atoms with Crippen LogP contribution in [0.25, 0.3) is 0 Å². The highest BCUT2D eigenvalue weighted by molar-refractivity contribution is 5.70. The predicted octanol–water partition coefficient (Wildman–Crippen LogP) is 4.06. The lowest BCUT2D eigenvalue weighted by molar-refractivity contribution is -0.137.